The summed E-state index contributed by atoms with van der Waals surface area (Å²) in [6.07, 6.45) is -5.60. The molecule has 0 aliphatic carbocycles. The van der Waals surface area contributed by atoms with Crippen molar-refractivity contribution in [2.45, 2.75) is 36.1 Å². The molecule has 0 spiro atoms. The molecule has 1 fully saturated rings. The summed E-state index contributed by atoms with van der Waals surface area (Å²) < 4.78 is 21.5. The summed E-state index contributed by atoms with van der Waals surface area (Å²) in [5.41, 5.74) is -5.22. The van der Waals surface area contributed by atoms with Gasteiger partial charge in [-0.25, -0.2) is 0 Å². The van der Waals surface area contributed by atoms with Gasteiger partial charge in [-0.1, -0.05) is 12.1 Å². The SMILES string of the molecule is O=C(O)CC(=O)OC[C@@H]1O[C@@H](Oc2ccc3c(=O)c(-c4ccc(O)cc4)coc3c2)[C@@H](O)[C@@](O)(CO)[C@]1(O)CO. The third-order valence-corrected chi connectivity index (χ3v) is 6.68. The van der Waals surface area contributed by atoms with Crippen molar-refractivity contribution in [3.63, 3.8) is 0 Å². The van der Waals surface area contributed by atoms with Crippen molar-refractivity contribution in [2.24, 2.45) is 0 Å². The topological polar surface area (TPSA) is 234 Å². The van der Waals surface area contributed by atoms with Crippen molar-refractivity contribution in [1.82, 2.24) is 0 Å². The Morgan fingerprint density at radius 1 is 1.00 bits per heavy atom. The summed E-state index contributed by atoms with van der Waals surface area (Å²) in [6, 6.07) is 9.87. The van der Waals surface area contributed by atoms with E-state index in [0.29, 0.717) is 5.56 Å². The van der Waals surface area contributed by atoms with Gasteiger partial charge in [0.05, 0.1) is 24.2 Å². The molecule has 14 nitrogen and oxygen atoms in total. The number of rotatable bonds is 9. The van der Waals surface area contributed by atoms with Crippen LogP contribution in [0.5, 0.6) is 11.5 Å². The van der Waals surface area contributed by atoms with Crippen molar-refractivity contribution in [3.05, 3.63) is 59.0 Å². The van der Waals surface area contributed by atoms with Gasteiger partial charge < -0.3 is 54.4 Å². The first-order valence-electron chi connectivity index (χ1n) is 11.8. The van der Waals surface area contributed by atoms with Crippen LogP contribution in [0, 0.1) is 0 Å². The maximum Gasteiger partial charge on any atom is 0.317 e. The quantitative estimate of drug-likeness (QED) is 0.124. The fourth-order valence-corrected chi connectivity index (χ4v) is 4.35. The molecule has 0 radical (unpaired) electrons. The normalized spacial score (nSPS) is 26.4. The highest BCUT2D eigenvalue weighted by atomic mass is 16.7. The fraction of sp³-hybridized carbons (Fsp3) is 0.346. The minimum absolute atomic E-state index is 0.0222. The van der Waals surface area contributed by atoms with E-state index in [1.165, 1.54) is 48.7 Å². The van der Waals surface area contributed by atoms with Crippen LogP contribution in [0.4, 0.5) is 0 Å². The number of phenolic OH excluding ortho intramolecular Hbond substituents is 1. The van der Waals surface area contributed by atoms with Crippen LogP contribution in [0.25, 0.3) is 22.1 Å². The Balaban J connectivity index is 1.61. The van der Waals surface area contributed by atoms with Gasteiger partial charge in [-0.05, 0) is 29.8 Å². The number of fused-ring (bicyclic) bond motifs is 1. The van der Waals surface area contributed by atoms with E-state index in [1.807, 2.05) is 0 Å². The van der Waals surface area contributed by atoms with Crippen molar-refractivity contribution >= 4 is 22.9 Å². The third kappa shape index (κ3) is 5.23. The number of phenols is 1. The number of carbonyl (C=O) groups is 2. The number of aliphatic hydroxyl groups is 5. The molecule has 5 atom stereocenters. The number of carboxylic acid groups (broad SMARTS) is 1. The largest absolute Gasteiger partial charge is 0.508 e. The van der Waals surface area contributed by atoms with Gasteiger partial charge in [0.1, 0.15) is 42.5 Å². The van der Waals surface area contributed by atoms with Gasteiger partial charge in [-0.3, -0.25) is 14.4 Å². The summed E-state index contributed by atoms with van der Waals surface area (Å²) in [5.74, 6) is -2.74. The maximum absolute atomic E-state index is 13.0. The van der Waals surface area contributed by atoms with Crippen LogP contribution in [0.1, 0.15) is 6.42 Å². The first-order chi connectivity index (χ1) is 18.9. The van der Waals surface area contributed by atoms with Gasteiger partial charge in [-0.2, -0.15) is 0 Å². The second kappa shape index (κ2) is 11.2. The van der Waals surface area contributed by atoms with Gasteiger partial charge in [0.25, 0.3) is 0 Å². The number of carboxylic acids is 1. The van der Waals surface area contributed by atoms with Crippen LogP contribution in [0.2, 0.25) is 0 Å². The van der Waals surface area contributed by atoms with Gasteiger partial charge in [-0.15, -0.1) is 0 Å². The smallest absolute Gasteiger partial charge is 0.317 e. The molecule has 2 aromatic carbocycles. The average Bonchev–Trinajstić information content (AvgIpc) is 2.93. The molecule has 1 aliphatic heterocycles. The van der Waals surface area contributed by atoms with Crippen LogP contribution >= 0.6 is 0 Å². The molecule has 0 saturated carbocycles. The Labute approximate surface area is 224 Å². The molecular weight excluding hydrogens is 536 g/mol. The van der Waals surface area contributed by atoms with Crippen LogP contribution in [-0.2, 0) is 19.1 Å². The van der Waals surface area contributed by atoms with Crippen LogP contribution in [0.3, 0.4) is 0 Å². The zero-order chi connectivity index (χ0) is 29.2. The highest BCUT2D eigenvalue weighted by Gasteiger charge is 2.65. The highest BCUT2D eigenvalue weighted by molar-refractivity contribution is 5.90. The van der Waals surface area contributed by atoms with Gasteiger partial charge in [0.15, 0.2) is 22.7 Å². The number of esters is 1. The van der Waals surface area contributed by atoms with E-state index < -0.39 is 73.3 Å². The Bertz CT molecular complexity index is 1450. The number of aromatic hydroxyl groups is 1. The Morgan fingerprint density at radius 3 is 2.30 bits per heavy atom. The van der Waals surface area contributed by atoms with Gasteiger partial charge in [0, 0.05) is 6.07 Å². The van der Waals surface area contributed by atoms with Crippen molar-refractivity contribution in [1.29, 1.82) is 0 Å². The molecule has 1 aliphatic rings. The number of carbonyl (C=O) groups excluding carboxylic acids is 1. The minimum Gasteiger partial charge on any atom is -0.508 e. The zero-order valence-corrected chi connectivity index (χ0v) is 20.7. The first kappa shape index (κ1) is 28.9. The maximum atomic E-state index is 13.0. The molecule has 1 aromatic heterocycles. The van der Waals surface area contributed by atoms with E-state index in [2.05, 4.69) is 0 Å². The molecule has 1 saturated heterocycles. The lowest BCUT2D eigenvalue weighted by Crippen LogP contribution is -2.78. The number of hydrogen-bond donors (Lipinski definition) is 7. The Kier molecular flexibility index (Phi) is 8.11. The number of ether oxygens (including phenoxy) is 3. The average molecular weight is 562 g/mol. The summed E-state index contributed by atoms with van der Waals surface area (Å²) in [5, 5.41) is 70.7. The molecule has 40 heavy (non-hydrogen) atoms. The highest BCUT2D eigenvalue weighted by Crippen LogP contribution is 2.39. The van der Waals surface area contributed by atoms with Crippen LogP contribution < -0.4 is 10.2 Å². The molecule has 14 heteroatoms. The molecule has 3 aromatic rings. The fourth-order valence-electron chi connectivity index (χ4n) is 4.35. The minimum atomic E-state index is -2.85. The van der Waals surface area contributed by atoms with Crippen molar-refractivity contribution < 1.29 is 64.0 Å². The summed E-state index contributed by atoms with van der Waals surface area (Å²) in [4.78, 5) is 35.4. The van der Waals surface area contributed by atoms with Crippen molar-refractivity contribution in [2.75, 3.05) is 19.8 Å². The number of hydrogen-bond acceptors (Lipinski definition) is 13. The molecular formula is C26H26O14. The van der Waals surface area contributed by atoms with Crippen molar-refractivity contribution in [3.8, 4) is 22.6 Å². The van der Waals surface area contributed by atoms with Gasteiger partial charge in [0.2, 0.25) is 6.29 Å². The first-order valence-corrected chi connectivity index (χ1v) is 11.8. The molecule has 214 valence electrons. The third-order valence-electron chi connectivity index (χ3n) is 6.68. The lowest BCUT2D eigenvalue weighted by Gasteiger charge is -2.53. The number of aliphatic hydroxyl groups excluding tert-OH is 3. The van der Waals surface area contributed by atoms with Gasteiger partial charge >= 0.3 is 11.9 Å². The second-order valence-electron chi connectivity index (χ2n) is 9.16. The Hall–Kier alpha value is -4.05. The standard InChI is InChI=1S/C26H26O14/c27-11-25(35)19(10-38-21(32)8-20(30)31)40-24(23(34)26(25,36)12-28)39-15-5-6-16-18(7-15)37-9-17(22(16)33)13-1-3-14(29)4-2-13/h1-7,9,19,23-24,27-29,34-36H,8,10-12H2,(H,30,31)/t19-,23+,24+,25-,26-/m0/s1. The zero-order valence-electron chi connectivity index (χ0n) is 20.7. The van der Waals surface area contributed by atoms with Crippen LogP contribution in [0.15, 0.2) is 57.9 Å². The predicted molar refractivity (Wildman–Crippen MR) is 132 cm³/mol. The second-order valence-corrected chi connectivity index (χ2v) is 9.16. The van der Waals surface area contributed by atoms with Crippen LogP contribution in [-0.4, -0.2) is 97.2 Å². The number of benzene rings is 2. The molecule has 0 amide bonds. The van der Waals surface area contributed by atoms with E-state index in [0.717, 1.165) is 0 Å². The Morgan fingerprint density at radius 2 is 1.68 bits per heavy atom. The number of aliphatic carboxylic acids is 1. The lowest BCUT2D eigenvalue weighted by atomic mass is 9.73. The molecule has 4 rings (SSSR count). The molecule has 7 N–H and O–H groups in total. The van der Waals surface area contributed by atoms with E-state index >= 15 is 0 Å². The summed E-state index contributed by atoms with van der Waals surface area (Å²) >= 11 is 0. The van der Waals surface area contributed by atoms with E-state index in [-0.39, 0.29) is 28.0 Å². The molecule has 0 unspecified atom stereocenters. The summed E-state index contributed by atoms with van der Waals surface area (Å²) in [6.45, 7) is -3.44. The monoisotopic (exact) mass is 562 g/mol. The van der Waals surface area contributed by atoms with E-state index in [9.17, 15) is 45.0 Å². The summed E-state index contributed by atoms with van der Waals surface area (Å²) in [7, 11) is 0. The van der Waals surface area contributed by atoms with E-state index in [1.54, 1.807) is 0 Å². The lowest BCUT2D eigenvalue weighted by molar-refractivity contribution is -0.363. The predicted octanol–water partition coefficient (Wildman–Crippen LogP) is -0.905. The van der Waals surface area contributed by atoms with E-state index in [4.69, 9.17) is 23.7 Å². The molecule has 0 bridgehead atoms. The molecule has 2 heterocycles.